The summed E-state index contributed by atoms with van der Waals surface area (Å²) in [6.45, 7) is 0. The fourth-order valence-electron chi connectivity index (χ4n) is 0.453. The molecule has 0 unspecified atom stereocenters. The normalized spacial score (nSPS) is 10.8. The first-order valence-electron chi connectivity index (χ1n) is 2.24. The molecule has 0 radical (unpaired) electrons. The zero-order valence-electron chi connectivity index (χ0n) is 4.41. The zero-order chi connectivity index (χ0) is 6.69. The lowest BCUT2D eigenvalue weighted by atomic mass is 10.5. The van der Waals surface area contributed by atoms with Crippen LogP contribution in [0.4, 0.5) is 0 Å². The summed E-state index contributed by atoms with van der Waals surface area (Å²) in [6, 6.07) is 1.69. The number of rotatable bonds is 1. The molecule has 0 aliphatic rings. The van der Waals surface area contributed by atoms with Gasteiger partial charge in [0, 0.05) is 0 Å². The van der Waals surface area contributed by atoms with E-state index >= 15 is 0 Å². The van der Waals surface area contributed by atoms with Crippen molar-refractivity contribution in [1.82, 2.24) is 0 Å². The smallest absolute Gasteiger partial charge is 0.149 e. The third kappa shape index (κ3) is 1.57. The molecule has 1 rings (SSSR count). The summed E-state index contributed by atoms with van der Waals surface area (Å²) in [5.74, 6) is 0.518. The number of hydrogen-bond donors (Lipinski definition) is 1. The molecule has 0 atom stereocenters. The van der Waals surface area contributed by atoms with Gasteiger partial charge in [0.25, 0.3) is 0 Å². The molecule has 1 aromatic rings. The molecular weight excluding hydrogens is 186 g/mol. The maximum atomic E-state index is 8.02. The Balaban J connectivity index is 2.85. The molecule has 0 aliphatic carbocycles. The third-order valence-electron chi connectivity index (χ3n) is 0.773. The summed E-state index contributed by atoms with van der Waals surface area (Å²) in [7, 11) is 0. The van der Waals surface area contributed by atoms with Gasteiger partial charge in [0.1, 0.15) is 18.2 Å². The molecule has 0 bridgehead atoms. The lowest BCUT2D eigenvalue weighted by Gasteiger charge is -1.74. The van der Waals surface area contributed by atoms with Gasteiger partial charge >= 0.3 is 0 Å². The molecule has 0 aliphatic heterocycles. The predicted octanol–water partition coefficient (Wildman–Crippen LogP) is 1.85. The Morgan fingerprint density at radius 3 is 3.00 bits per heavy atom. The minimum absolute atomic E-state index is 0.518. The highest BCUT2D eigenvalue weighted by atomic mass is 79.9. The molecule has 1 aromatic heterocycles. The molecular formula is C5H4BrNO2. The van der Waals surface area contributed by atoms with E-state index in [1.807, 2.05) is 0 Å². The second-order valence-corrected chi connectivity index (χ2v) is 2.33. The van der Waals surface area contributed by atoms with Crippen molar-refractivity contribution in [2.75, 3.05) is 0 Å². The lowest BCUT2D eigenvalue weighted by molar-refractivity contribution is 0.320. The molecule has 48 valence electrons. The van der Waals surface area contributed by atoms with Crippen molar-refractivity contribution in [3.05, 3.63) is 22.6 Å². The molecule has 0 spiro atoms. The Kier molecular flexibility index (Phi) is 1.89. The quantitative estimate of drug-likeness (QED) is 0.417. The second-order valence-electron chi connectivity index (χ2n) is 1.41. The molecule has 0 aromatic carbocycles. The average molecular weight is 190 g/mol. The Hall–Kier alpha value is -0.770. The maximum Gasteiger partial charge on any atom is 0.149 e. The topological polar surface area (TPSA) is 45.7 Å². The molecule has 1 N–H and O–H groups in total. The van der Waals surface area contributed by atoms with Gasteiger partial charge in [0.05, 0.1) is 4.47 Å². The van der Waals surface area contributed by atoms with Crippen LogP contribution in [-0.2, 0) is 0 Å². The van der Waals surface area contributed by atoms with Crippen LogP contribution in [0.5, 0.6) is 0 Å². The Morgan fingerprint density at radius 1 is 1.78 bits per heavy atom. The number of furan rings is 1. The summed E-state index contributed by atoms with van der Waals surface area (Å²) in [6.07, 6.45) is 2.72. The number of nitrogens with zero attached hydrogens (tertiary/aromatic N) is 1. The van der Waals surface area contributed by atoms with Gasteiger partial charge in [-0.2, -0.15) is 0 Å². The van der Waals surface area contributed by atoms with Crippen LogP contribution in [-0.4, -0.2) is 11.4 Å². The van der Waals surface area contributed by atoms with Crippen molar-refractivity contribution in [2.24, 2.45) is 5.16 Å². The highest BCUT2D eigenvalue weighted by molar-refractivity contribution is 9.10. The van der Waals surface area contributed by atoms with Gasteiger partial charge in [-0.05, 0) is 22.0 Å². The van der Waals surface area contributed by atoms with Crippen molar-refractivity contribution in [3.63, 3.8) is 0 Å². The minimum Gasteiger partial charge on any atom is -0.462 e. The first kappa shape index (κ1) is 6.35. The molecule has 0 saturated carbocycles. The van der Waals surface area contributed by atoms with Crippen molar-refractivity contribution in [1.29, 1.82) is 0 Å². The van der Waals surface area contributed by atoms with Crippen molar-refractivity contribution in [3.8, 4) is 0 Å². The highest BCUT2D eigenvalue weighted by Crippen LogP contribution is 2.11. The number of halogens is 1. The first-order valence-corrected chi connectivity index (χ1v) is 3.03. The van der Waals surface area contributed by atoms with E-state index in [-0.39, 0.29) is 0 Å². The van der Waals surface area contributed by atoms with Gasteiger partial charge in [-0.25, -0.2) is 0 Å². The lowest BCUT2D eigenvalue weighted by Crippen LogP contribution is -1.70. The zero-order valence-corrected chi connectivity index (χ0v) is 6.00. The molecule has 4 heteroatoms. The highest BCUT2D eigenvalue weighted by Gasteiger charge is 1.93. The van der Waals surface area contributed by atoms with Gasteiger partial charge in [-0.1, -0.05) is 5.16 Å². The molecule has 9 heavy (non-hydrogen) atoms. The SMILES string of the molecule is ON=Cc1cc(Br)co1. The van der Waals surface area contributed by atoms with Gasteiger partial charge in [0.2, 0.25) is 0 Å². The first-order chi connectivity index (χ1) is 4.33. The number of oxime groups is 1. The standard InChI is InChI=1S/C5H4BrNO2/c6-4-1-5(2-7-8)9-3-4/h1-3,8H. The van der Waals surface area contributed by atoms with Gasteiger partial charge in [-0.15, -0.1) is 0 Å². The molecule has 1 heterocycles. The second kappa shape index (κ2) is 2.68. The van der Waals surface area contributed by atoms with E-state index in [2.05, 4.69) is 21.1 Å². The molecule has 0 amide bonds. The van der Waals surface area contributed by atoms with Gasteiger partial charge in [0.15, 0.2) is 0 Å². The minimum atomic E-state index is 0.518. The average Bonchev–Trinajstić information content (AvgIpc) is 2.17. The molecule has 0 saturated heterocycles. The predicted molar refractivity (Wildman–Crippen MR) is 35.8 cm³/mol. The van der Waals surface area contributed by atoms with Crippen LogP contribution in [0.3, 0.4) is 0 Å². The van der Waals surface area contributed by atoms with Gasteiger partial charge < -0.3 is 9.62 Å². The van der Waals surface area contributed by atoms with E-state index in [0.717, 1.165) is 4.47 Å². The van der Waals surface area contributed by atoms with E-state index < -0.39 is 0 Å². The maximum absolute atomic E-state index is 8.02. The summed E-state index contributed by atoms with van der Waals surface area (Å²) in [4.78, 5) is 0. The summed E-state index contributed by atoms with van der Waals surface area (Å²) >= 11 is 3.17. The van der Waals surface area contributed by atoms with E-state index in [0.29, 0.717) is 5.76 Å². The van der Waals surface area contributed by atoms with Crippen LogP contribution in [0.25, 0.3) is 0 Å². The van der Waals surface area contributed by atoms with Crippen LogP contribution >= 0.6 is 15.9 Å². The summed E-state index contributed by atoms with van der Waals surface area (Å²) < 4.78 is 5.68. The van der Waals surface area contributed by atoms with Crippen LogP contribution in [0.15, 0.2) is 26.4 Å². The van der Waals surface area contributed by atoms with E-state index in [4.69, 9.17) is 9.62 Å². The van der Waals surface area contributed by atoms with Crippen LogP contribution in [0, 0.1) is 0 Å². The van der Waals surface area contributed by atoms with Crippen molar-refractivity contribution >= 4 is 22.1 Å². The van der Waals surface area contributed by atoms with Crippen molar-refractivity contribution in [2.45, 2.75) is 0 Å². The Labute approximate surface area is 60.1 Å². The molecule has 0 fully saturated rings. The van der Waals surface area contributed by atoms with E-state index in [1.165, 1.54) is 12.5 Å². The fourth-order valence-corrected chi connectivity index (χ4v) is 0.772. The fraction of sp³-hybridized carbons (Fsp3) is 0. The molecule has 3 nitrogen and oxygen atoms in total. The van der Waals surface area contributed by atoms with Gasteiger partial charge in [-0.3, -0.25) is 0 Å². The van der Waals surface area contributed by atoms with E-state index in [1.54, 1.807) is 6.07 Å². The van der Waals surface area contributed by atoms with E-state index in [9.17, 15) is 0 Å². The Morgan fingerprint density at radius 2 is 2.56 bits per heavy atom. The third-order valence-corrected chi connectivity index (χ3v) is 1.19. The number of hydrogen-bond acceptors (Lipinski definition) is 3. The summed E-state index contributed by atoms with van der Waals surface area (Å²) in [5, 5.41) is 10.8. The van der Waals surface area contributed by atoms with Crippen molar-refractivity contribution < 1.29 is 9.62 Å². The monoisotopic (exact) mass is 189 g/mol. The summed E-state index contributed by atoms with van der Waals surface area (Å²) in [5.41, 5.74) is 0. The van der Waals surface area contributed by atoms with Crippen LogP contribution < -0.4 is 0 Å². The van der Waals surface area contributed by atoms with Crippen LogP contribution in [0.1, 0.15) is 5.76 Å². The Bertz CT molecular complexity index is 218. The largest absolute Gasteiger partial charge is 0.462 e. The van der Waals surface area contributed by atoms with Crippen LogP contribution in [0.2, 0.25) is 0 Å².